The fourth-order valence-electron chi connectivity index (χ4n) is 4.16. The number of aromatic nitrogens is 1. The van der Waals surface area contributed by atoms with E-state index < -0.39 is 10.2 Å². The van der Waals surface area contributed by atoms with Gasteiger partial charge in [-0.2, -0.15) is 17.0 Å². The highest BCUT2D eigenvalue weighted by Gasteiger charge is 2.52. The van der Waals surface area contributed by atoms with E-state index in [9.17, 15) is 13.2 Å². The molecule has 0 radical (unpaired) electrons. The van der Waals surface area contributed by atoms with E-state index in [4.69, 9.17) is 4.52 Å². The Morgan fingerprint density at radius 2 is 1.89 bits per heavy atom. The van der Waals surface area contributed by atoms with Gasteiger partial charge in [0.25, 0.3) is 16.1 Å². The number of likely N-dealkylation sites (tertiary alicyclic amines) is 1. The SMILES string of the molecule is CN(C)S(=O)(=O)N1C[C@@H]2CN(C(=O)c3ccno3)C[C@@H]2[C@H]1c1ccccc1. The van der Waals surface area contributed by atoms with Crippen LogP contribution in [0.4, 0.5) is 0 Å². The van der Waals surface area contributed by atoms with Gasteiger partial charge in [-0.05, 0) is 11.5 Å². The first-order valence-electron chi connectivity index (χ1n) is 8.84. The van der Waals surface area contributed by atoms with Crippen molar-refractivity contribution in [2.24, 2.45) is 11.8 Å². The average Bonchev–Trinajstić information content (AvgIpc) is 3.37. The van der Waals surface area contributed by atoms with Gasteiger partial charge in [-0.15, -0.1) is 0 Å². The summed E-state index contributed by atoms with van der Waals surface area (Å²) in [5.74, 6) is 0.130. The summed E-state index contributed by atoms with van der Waals surface area (Å²) >= 11 is 0. The number of benzene rings is 1. The number of hydrogen-bond donors (Lipinski definition) is 0. The zero-order valence-corrected chi connectivity index (χ0v) is 16.0. The number of hydrogen-bond acceptors (Lipinski definition) is 5. The van der Waals surface area contributed by atoms with Crippen molar-refractivity contribution >= 4 is 16.1 Å². The Labute approximate surface area is 158 Å². The Morgan fingerprint density at radius 3 is 2.52 bits per heavy atom. The molecular formula is C18H22N4O4S. The molecule has 1 aromatic heterocycles. The normalized spacial score (nSPS) is 25.9. The smallest absolute Gasteiger partial charge is 0.292 e. The zero-order chi connectivity index (χ0) is 19.2. The minimum absolute atomic E-state index is 0.0361. The zero-order valence-electron chi connectivity index (χ0n) is 15.2. The third-order valence-electron chi connectivity index (χ3n) is 5.46. The highest BCUT2D eigenvalue weighted by molar-refractivity contribution is 7.86. The van der Waals surface area contributed by atoms with Gasteiger partial charge in [-0.3, -0.25) is 4.79 Å². The second-order valence-corrected chi connectivity index (χ2v) is 9.32. The van der Waals surface area contributed by atoms with E-state index in [0.29, 0.717) is 19.6 Å². The minimum atomic E-state index is -3.56. The van der Waals surface area contributed by atoms with Gasteiger partial charge in [0, 0.05) is 45.7 Å². The van der Waals surface area contributed by atoms with Crippen LogP contribution in [0.1, 0.15) is 22.2 Å². The predicted molar refractivity (Wildman–Crippen MR) is 97.9 cm³/mol. The fourth-order valence-corrected chi connectivity index (χ4v) is 5.53. The first-order valence-corrected chi connectivity index (χ1v) is 10.2. The van der Waals surface area contributed by atoms with Crippen LogP contribution in [-0.2, 0) is 10.2 Å². The van der Waals surface area contributed by atoms with Crippen molar-refractivity contribution in [2.45, 2.75) is 6.04 Å². The molecule has 8 nitrogen and oxygen atoms in total. The average molecular weight is 390 g/mol. The minimum Gasteiger partial charge on any atom is -0.351 e. The van der Waals surface area contributed by atoms with Crippen molar-refractivity contribution in [3.8, 4) is 0 Å². The number of nitrogens with zero attached hydrogens (tertiary/aromatic N) is 4. The molecule has 2 aliphatic heterocycles. The molecule has 0 unspecified atom stereocenters. The maximum Gasteiger partial charge on any atom is 0.292 e. The molecule has 0 aliphatic carbocycles. The first-order chi connectivity index (χ1) is 12.9. The molecule has 0 spiro atoms. The molecule has 27 heavy (non-hydrogen) atoms. The summed E-state index contributed by atoms with van der Waals surface area (Å²) < 4.78 is 33.6. The predicted octanol–water partition coefficient (Wildman–Crippen LogP) is 1.23. The van der Waals surface area contributed by atoms with Crippen molar-refractivity contribution in [2.75, 3.05) is 33.7 Å². The van der Waals surface area contributed by atoms with Gasteiger partial charge in [0.15, 0.2) is 0 Å². The van der Waals surface area contributed by atoms with Gasteiger partial charge < -0.3 is 9.42 Å². The molecule has 4 rings (SSSR count). The molecule has 1 amide bonds. The Balaban J connectivity index is 1.65. The molecule has 2 aromatic rings. The van der Waals surface area contributed by atoms with E-state index in [1.165, 1.54) is 10.5 Å². The van der Waals surface area contributed by atoms with Gasteiger partial charge in [0.1, 0.15) is 0 Å². The van der Waals surface area contributed by atoms with Gasteiger partial charge in [0.2, 0.25) is 5.76 Å². The van der Waals surface area contributed by atoms with Crippen LogP contribution in [0.25, 0.3) is 0 Å². The summed E-state index contributed by atoms with van der Waals surface area (Å²) in [6.45, 7) is 1.39. The van der Waals surface area contributed by atoms with Crippen LogP contribution in [0.2, 0.25) is 0 Å². The summed E-state index contributed by atoms with van der Waals surface area (Å²) in [4.78, 5) is 14.4. The molecule has 2 fully saturated rings. The van der Waals surface area contributed by atoms with Crippen LogP contribution >= 0.6 is 0 Å². The summed E-state index contributed by atoms with van der Waals surface area (Å²) in [6, 6.07) is 10.9. The van der Waals surface area contributed by atoms with Crippen molar-refractivity contribution in [1.82, 2.24) is 18.7 Å². The van der Waals surface area contributed by atoms with E-state index >= 15 is 0 Å². The second kappa shape index (κ2) is 6.74. The Hall–Kier alpha value is -2.23. The third-order valence-corrected chi connectivity index (χ3v) is 7.35. The summed E-state index contributed by atoms with van der Waals surface area (Å²) in [7, 11) is -0.469. The van der Waals surface area contributed by atoms with E-state index in [-0.39, 0.29) is 29.5 Å². The topological polar surface area (TPSA) is 87.0 Å². The maximum absolute atomic E-state index is 12.9. The molecule has 3 heterocycles. The van der Waals surface area contributed by atoms with Gasteiger partial charge in [-0.25, -0.2) is 0 Å². The fraction of sp³-hybridized carbons (Fsp3) is 0.444. The van der Waals surface area contributed by atoms with Crippen molar-refractivity contribution in [3.05, 3.63) is 53.9 Å². The van der Waals surface area contributed by atoms with Crippen molar-refractivity contribution < 1.29 is 17.7 Å². The lowest BCUT2D eigenvalue weighted by molar-refractivity contribution is 0.0732. The van der Waals surface area contributed by atoms with Crippen LogP contribution in [0.3, 0.4) is 0 Å². The van der Waals surface area contributed by atoms with E-state index in [2.05, 4.69) is 5.16 Å². The lowest BCUT2D eigenvalue weighted by atomic mass is 9.90. The lowest BCUT2D eigenvalue weighted by Gasteiger charge is -2.30. The maximum atomic E-state index is 12.9. The monoisotopic (exact) mass is 390 g/mol. The quantitative estimate of drug-likeness (QED) is 0.784. The van der Waals surface area contributed by atoms with Crippen LogP contribution in [-0.4, -0.2) is 66.7 Å². The molecule has 9 heteroatoms. The molecule has 2 saturated heterocycles. The van der Waals surface area contributed by atoms with E-state index in [1.807, 2.05) is 30.3 Å². The van der Waals surface area contributed by atoms with Crippen LogP contribution in [0, 0.1) is 11.8 Å². The Kier molecular flexibility index (Phi) is 4.53. The van der Waals surface area contributed by atoms with Crippen LogP contribution in [0.15, 0.2) is 47.1 Å². The highest BCUT2D eigenvalue weighted by Crippen LogP contribution is 2.46. The first kappa shape index (κ1) is 18.1. The second-order valence-electron chi connectivity index (χ2n) is 7.23. The van der Waals surface area contributed by atoms with E-state index in [1.54, 1.807) is 29.4 Å². The number of amides is 1. The summed E-state index contributed by atoms with van der Waals surface area (Å²) in [5.41, 5.74) is 0.949. The van der Waals surface area contributed by atoms with Crippen molar-refractivity contribution in [1.29, 1.82) is 0 Å². The van der Waals surface area contributed by atoms with Gasteiger partial charge >= 0.3 is 0 Å². The molecule has 0 saturated carbocycles. The summed E-state index contributed by atoms with van der Waals surface area (Å²) in [6.07, 6.45) is 1.45. The largest absolute Gasteiger partial charge is 0.351 e. The molecule has 144 valence electrons. The number of carbonyl (C=O) groups excluding carboxylic acids is 1. The van der Waals surface area contributed by atoms with Gasteiger partial charge in [0.05, 0.1) is 12.2 Å². The molecule has 0 bridgehead atoms. The Morgan fingerprint density at radius 1 is 1.15 bits per heavy atom. The molecule has 2 aliphatic rings. The van der Waals surface area contributed by atoms with Crippen LogP contribution in [0.5, 0.6) is 0 Å². The third kappa shape index (κ3) is 3.05. The number of rotatable bonds is 4. The Bertz CT molecular complexity index is 914. The highest BCUT2D eigenvalue weighted by atomic mass is 32.2. The molecule has 3 atom stereocenters. The van der Waals surface area contributed by atoms with Crippen molar-refractivity contribution in [3.63, 3.8) is 0 Å². The van der Waals surface area contributed by atoms with Gasteiger partial charge in [-0.1, -0.05) is 35.5 Å². The number of fused-ring (bicyclic) bond motifs is 1. The van der Waals surface area contributed by atoms with E-state index in [0.717, 1.165) is 5.56 Å². The molecule has 1 aromatic carbocycles. The standard InChI is InChI=1S/C18H22N4O4S/c1-20(2)27(24,25)22-11-14-10-21(18(23)16-8-9-19-26-16)12-15(14)17(22)13-6-4-3-5-7-13/h3-9,14-15,17H,10-12H2,1-2H3/t14-,15-,17+/m0/s1. The van der Waals surface area contributed by atoms with Crippen LogP contribution < -0.4 is 0 Å². The molecular weight excluding hydrogens is 368 g/mol. The molecule has 0 N–H and O–H groups in total. The summed E-state index contributed by atoms with van der Waals surface area (Å²) in [5, 5.41) is 3.60. The lowest BCUT2D eigenvalue weighted by Crippen LogP contribution is -2.42. The number of carbonyl (C=O) groups is 1.